The topological polar surface area (TPSA) is 70.7 Å². The summed E-state index contributed by atoms with van der Waals surface area (Å²) in [5.74, 6) is 0.660. The monoisotopic (exact) mass is 427 g/mol. The smallest absolute Gasteiger partial charge is 0.253 e. The second-order valence-corrected chi connectivity index (χ2v) is 9.36. The van der Waals surface area contributed by atoms with Gasteiger partial charge >= 0.3 is 0 Å². The number of piperidine rings is 1. The number of nitrogens with zero attached hydrogens (tertiary/aromatic N) is 1. The lowest BCUT2D eigenvalue weighted by atomic mass is 10.0. The number of benzene rings is 1. The second-order valence-electron chi connectivity index (χ2n) is 9.36. The molecule has 2 amide bonds. The SMILES string of the molecule is O=C(CCC1CCCC1)Nc1ccc(N2CCCCC2)c(C(=O)NCC2CCCO2)c1. The maximum absolute atomic E-state index is 13.1. The average molecular weight is 428 g/mol. The number of amides is 2. The standard InChI is InChI=1S/C25H37N3O3/c29-24(13-10-19-7-2-3-8-19)27-20-11-12-23(28-14-4-1-5-15-28)22(17-20)25(30)26-18-21-9-6-16-31-21/h11-12,17,19,21H,1-10,13-16,18H2,(H,26,30)(H,27,29). The maximum atomic E-state index is 13.1. The Kier molecular flexibility index (Phi) is 7.84. The highest BCUT2D eigenvalue weighted by molar-refractivity contribution is 6.02. The average Bonchev–Trinajstić information content (AvgIpc) is 3.51. The first-order valence-electron chi connectivity index (χ1n) is 12.3. The summed E-state index contributed by atoms with van der Waals surface area (Å²) in [4.78, 5) is 27.9. The zero-order chi connectivity index (χ0) is 21.5. The van der Waals surface area contributed by atoms with Gasteiger partial charge < -0.3 is 20.3 Å². The molecule has 2 saturated heterocycles. The first-order chi connectivity index (χ1) is 15.2. The second kappa shape index (κ2) is 11.0. The normalized spacial score (nSPS) is 21.9. The molecule has 6 nitrogen and oxygen atoms in total. The fourth-order valence-electron chi connectivity index (χ4n) is 5.17. The minimum atomic E-state index is -0.0851. The van der Waals surface area contributed by atoms with E-state index in [2.05, 4.69) is 15.5 Å². The van der Waals surface area contributed by atoms with Gasteiger partial charge in [0.05, 0.1) is 11.7 Å². The Morgan fingerprint density at radius 3 is 2.55 bits per heavy atom. The van der Waals surface area contributed by atoms with E-state index in [1.807, 2.05) is 18.2 Å². The number of hydrogen-bond acceptors (Lipinski definition) is 4. The van der Waals surface area contributed by atoms with E-state index < -0.39 is 0 Å². The number of ether oxygens (including phenoxy) is 1. The first-order valence-corrected chi connectivity index (χ1v) is 12.3. The van der Waals surface area contributed by atoms with Crippen LogP contribution in [0, 0.1) is 5.92 Å². The summed E-state index contributed by atoms with van der Waals surface area (Å²) in [6.07, 6.45) is 12.3. The molecule has 1 aromatic carbocycles. The van der Waals surface area contributed by atoms with Crippen LogP contribution in [-0.2, 0) is 9.53 Å². The third-order valence-corrected chi connectivity index (χ3v) is 6.99. The molecule has 1 atom stereocenters. The van der Waals surface area contributed by atoms with Crippen LogP contribution in [0.5, 0.6) is 0 Å². The quantitative estimate of drug-likeness (QED) is 0.641. The molecule has 1 aromatic rings. The summed E-state index contributed by atoms with van der Waals surface area (Å²) >= 11 is 0. The Morgan fingerprint density at radius 1 is 1.00 bits per heavy atom. The number of carbonyl (C=O) groups is 2. The number of hydrogen-bond donors (Lipinski definition) is 2. The van der Waals surface area contributed by atoms with Gasteiger partial charge in [-0.15, -0.1) is 0 Å². The number of anilines is 2. The van der Waals surface area contributed by atoms with Gasteiger partial charge in [0.2, 0.25) is 5.91 Å². The van der Waals surface area contributed by atoms with Gasteiger partial charge in [0, 0.05) is 44.0 Å². The van der Waals surface area contributed by atoms with Crippen molar-refractivity contribution in [1.82, 2.24) is 5.32 Å². The van der Waals surface area contributed by atoms with Gasteiger partial charge in [0.15, 0.2) is 0 Å². The van der Waals surface area contributed by atoms with Crippen LogP contribution < -0.4 is 15.5 Å². The van der Waals surface area contributed by atoms with Gasteiger partial charge in [0.25, 0.3) is 5.91 Å². The molecule has 0 aromatic heterocycles. The largest absolute Gasteiger partial charge is 0.376 e. The molecule has 2 aliphatic heterocycles. The summed E-state index contributed by atoms with van der Waals surface area (Å²) in [5.41, 5.74) is 2.32. The molecule has 1 saturated carbocycles. The number of rotatable bonds is 8. The molecule has 4 rings (SSSR count). The Balaban J connectivity index is 1.42. The van der Waals surface area contributed by atoms with Gasteiger partial charge in [-0.2, -0.15) is 0 Å². The molecule has 1 unspecified atom stereocenters. The van der Waals surface area contributed by atoms with Gasteiger partial charge in [-0.3, -0.25) is 9.59 Å². The molecule has 3 aliphatic rings. The van der Waals surface area contributed by atoms with E-state index in [4.69, 9.17) is 4.74 Å². The Labute approximate surface area is 186 Å². The summed E-state index contributed by atoms with van der Waals surface area (Å²) in [6, 6.07) is 5.79. The molecule has 1 aliphatic carbocycles. The highest BCUT2D eigenvalue weighted by Crippen LogP contribution is 2.30. The van der Waals surface area contributed by atoms with E-state index in [0.717, 1.165) is 57.5 Å². The fraction of sp³-hybridized carbons (Fsp3) is 0.680. The van der Waals surface area contributed by atoms with Crippen LogP contribution in [0.2, 0.25) is 0 Å². The molecule has 170 valence electrons. The molecular weight excluding hydrogens is 390 g/mol. The van der Waals surface area contributed by atoms with Crippen molar-refractivity contribution in [3.05, 3.63) is 23.8 Å². The zero-order valence-corrected chi connectivity index (χ0v) is 18.7. The van der Waals surface area contributed by atoms with Crippen molar-refractivity contribution in [3.63, 3.8) is 0 Å². The molecule has 3 fully saturated rings. The van der Waals surface area contributed by atoms with E-state index in [1.165, 1.54) is 32.1 Å². The van der Waals surface area contributed by atoms with Crippen molar-refractivity contribution in [2.45, 2.75) is 76.7 Å². The maximum Gasteiger partial charge on any atom is 0.253 e. The van der Waals surface area contributed by atoms with Gasteiger partial charge in [-0.05, 0) is 62.6 Å². The van der Waals surface area contributed by atoms with Crippen molar-refractivity contribution >= 4 is 23.2 Å². The summed E-state index contributed by atoms with van der Waals surface area (Å²) in [7, 11) is 0. The molecular formula is C25H37N3O3. The van der Waals surface area contributed by atoms with Crippen molar-refractivity contribution < 1.29 is 14.3 Å². The fourth-order valence-corrected chi connectivity index (χ4v) is 5.17. The summed E-state index contributed by atoms with van der Waals surface area (Å²) < 4.78 is 5.65. The lowest BCUT2D eigenvalue weighted by Gasteiger charge is -2.30. The highest BCUT2D eigenvalue weighted by Gasteiger charge is 2.22. The minimum absolute atomic E-state index is 0.0448. The van der Waals surface area contributed by atoms with Crippen molar-refractivity contribution in [3.8, 4) is 0 Å². The zero-order valence-electron chi connectivity index (χ0n) is 18.7. The minimum Gasteiger partial charge on any atom is -0.376 e. The first kappa shape index (κ1) is 22.1. The van der Waals surface area contributed by atoms with Crippen LogP contribution >= 0.6 is 0 Å². The third kappa shape index (κ3) is 6.22. The van der Waals surface area contributed by atoms with E-state index in [-0.39, 0.29) is 17.9 Å². The molecule has 0 spiro atoms. The molecule has 2 heterocycles. The number of carbonyl (C=O) groups excluding carboxylic acids is 2. The van der Waals surface area contributed by atoms with Crippen molar-refractivity contribution in [2.24, 2.45) is 5.92 Å². The Bertz CT molecular complexity index is 748. The molecule has 6 heteroatoms. The van der Waals surface area contributed by atoms with Gasteiger partial charge in [-0.1, -0.05) is 25.7 Å². The van der Waals surface area contributed by atoms with Crippen LogP contribution in [-0.4, -0.2) is 44.2 Å². The molecule has 2 N–H and O–H groups in total. The van der Waals surface area contributed by atoms with E-state index in [1.54, 1.807) is 0 Å². The predicted octanol–water partition coefficient (Wildman–Crippen LogP) is 4.49. The van der Waals surface area contributed by atoms with Crippen LogP contribution in [0.3, 0.4) is 0 Å². The highest BCUT2D eigenvalue weighted by atomic mass is 16.5. The molecule has 31 heavy (non-hydrogen) atoms. The van der Waals surface area contributed by atoms with Crippen LogP contribution in [0.25, 0.3) is 0 Å². The Morgan fingerprint density at radius 2 is 1.81 bits per heavy atom. The van der Waals surface area contributed by atoms with E-state index in [9.17, 15) is 9.59 Å². The lowest BCUT2D eigenvalue weighted by molar-refractivity contribution is -0.116. The van der Waals surface area contributed by atoms with Crippen molar-refractivity contribution in [2.75, 3.05) is 36.5 Å². The molecule has 0 bridgehead atoms. The van der Waals surface area contributed by atoms with Gasteiger partial charge in [-0.25, -0.2) is 0 Å². The predicted molar refractivity (Wildman–Crippen MR) is 124 cm³/mol. The van der Waals surface area contributed by atoms with Crippen LogP contribution in [0.15, 0.2) is 18.2 Å². The third-order valence-electron chi connectivity index (χ3n) is 6.99. The van der Waals surface area contributed by atoms with Gasteiger partial charge in [0.1, 0.15) is 0 Å². The Hall–Kier alpha value is -2.08. The van der Waals surface area contributed by atoms with Crippen LogP contribution in [0.4, 0.5) is 11.4 Å². The van der Waals surface area contributed by atoms with Crippen molar-refractivity contribution in [1.29, 1.82) is 0 Å². The summed E-state index contributed by atoms with van der Waals surface area (Å²) in [5, 5.41) is 6.09. The number of nitrogens with one attached hydrogen (secondary N) is 2. The molecule has 0 radical (unpaired) electrons. The van der Waals surface area contributed by atoms with E-state index >= 15 is 0 Å². The lowest BCUT2D eigenvalue weighted by Crippen LogP contribution is -2.35. The van der Waals surface area contributed by atoms with E-state index in [0.29, 0.717) is 30.1 Å². The van der Waals surface area contributed by atoms with Crippen LogP contribution in [0.1, 0.15) is 81.0 Å². The summed E-state index contributed by atoms with van der Waals surface area (Å²) in [6.45, 7) is 3.26.